The number of aromatic nitrogens is 2. The minimum atomic E-state index is -0.922. The Morgan fingerprint density at radius 1 is 1.17 bits per heavy atom. The molecular formula is C22H23N3O4. The van der Waals surface area contributed by atoms with Gasteiger partial charge in [-0.05, 0) is 55.7 Å². The highest BCUT2D eigenvalue weighted by Gasteiger charge is 2.21. The minimum Gasteiger partial charge on any atom is -0.481 e. The third kappa shape index (κ3) is 3.68. The quantitative estimate of drug-likeness (QED) is 0.612. The third-order valence-electron chi connectivity index (χ3n) is 5.68. The van der Waals surface area contributed by atoms with E-state index in [2.05, 4.69) is 10.3 Å². The van der Waals surface area contributed by atoms with Crippen molar-refractivity contribution in [2.75, 3.05) is 5.32 Å². The maximum absolute atomic E-state index is 12.7. The van der Waals surface area contributed by atoms with Crippen molar-refractivity contribution >= 4 is 28.6 Å². The van der Waals surface area contributed by atoms with Crippen molar-refractivity contribution in [1.29, 1.82) is 0 Å². The number of nitrogens with one attached hydrogen (secondary N) is 2. The largest absolute Gasteiger partial charge is 0.481 e. The lowest BCUT2D eigenvalue weighted by Crippen LogP contribution is -2.20. The van der Waals surface area contributed by atoms with Gasteiger partial charge in [-0.15, -0.1) is 0 Å². The number of aromatic amines is 1. The molecule has 1 saturated carbocycles. The summed E-state index contributed by atoms with van der Waals surface area (Å²) in [5, 5.41) is 12.0. The number of rotatable bonds is 5. The van der Waals surface area contributed by atoms with Gasteiger partial charge in [0.05, 0.1) is 17.0 Å². The van der Waals surface area contributed by atoms with Crippen LogP contribution in [0.25, 0.3) is 11.0 Å². The second kappa shape index (κ2) is 7.58. The highest BCUT2D eigenvalue weighted by molar-refractivity contribution is 6.06. The van der Waals surface area contributed by atoms with Gasteiger partial charge in [0.15, 0.2) is 0 Å². The van der Waals surface area contributed by atoms with Crippen molar-refractivity contribution < 1.29 is 14.7 Å². The topological polar surface area (TPSA) is 104 Å². The number of aliphatic carboxylic acids is 1. The van der Waals surface area contributed by atoms with E-state index in [4.69, 9.17) is 0 Å². The number of benzene rings is 2. The predicted molar refractivity (Wildman–Crippen MR) is 111 cm³/mol. The summed E-state index contributed by atoms with van der Waals surface area (Å²) in [5.41, 5.74) is 2.88. The van der Waals surface area contributed by atoms with Crippen LogP contribution in [0.5, 0.6) is 0 Å². The summed E-state index contributed by atoms with van der Waals surface area (Å²) < 4.78 is 1.81. The maximum atomic E-state index is 12.7. The molecule has 3 N–H and O–H groups in total. The fraction of sp³-hybridized carbons (Fsp3) is 0.318. The van der Waals surface area contributed by atoms with Crippen LogP contribution in [0.3, 0.4) is 0 Å². The number of carbonyl (C=O) groups is 2. The molecule has 7 nitrogen and oxygen atoms in total. The summed E-state index contributed by atoms with van der Waals surface area (Å²) in [6, 6.07) is 12.2. The normalized spacial score (nSPS) is 15.5. The van der Waals surface area contributed by atoms with Gasteiger partial charge in [-0.1, -0.05) is 25.0 Å². The molecule has 4 rings (SSSR count). The molecule has 1 atom stereocenters. The van der Waals surface area contributed by atoms with Gasteiger partial charge in [0, 0.05) is 17.3 Å². The summed E-state index contributed by atoms with van der Waals surface area (Å²) in [5.74, 6) is -1.90. The van der Waals surface area contributed by atoms with Gasteiger partial charge >= 0.3 is 11.7 Å². The maximum Gasteiger partial charge on any atom is 0.326 e. The molecule has 1 amide bonds. The SMILES string of the molecule is CC(C(=O)O)c1cccc(NC(=O)c2ccc3c(c2)[nH]c(=O)n3C2CCCC2)c1. The molecule has 2 aromatic carbocycles. The molecule has 0 aliphatic heterocycles. The van der Waals surface area contributed by atoms with Gasteiger partial charge in [-0.3, -0.25) is 14.2 Å². The molecule has 3 aromatic rings. The van der Waals surface area contributed by atoms with E-state index in [1.165, 1.54) is 0 Å². The molecule has 7 heteroatoms. The highest BCUT2D eigenvalue weighted by Crippen LogP contribution is 2.30. The van der Waals surface area contributed by atoms with Crippen LogP contribution < -0.4 is 11.0 Å². The first-order chi connectivity index (χ1) is 13.9. The zero-order valence-corrected chi connectivity index (χ0v) is 16.1. The van der Waals surface area contributed by atoms with Crippen LogP contribution in [0.15, 0.2) is 47.3 Å². The van der Waals surface area contributed by atoms with Crippen LogP contribution >= 0.6 is 0 Å². The van der Waals surface area contributed by atoms with E-state index < -0.39 is 11.9 Å². The Hall–Kier alpha value is -3.35. The number of anilines is 1. The highest BCUT2D eigenvalue weighted by atomic mass is 16.4. The first-order valence-electron chi connectivity index (χ1n) is 9.82. The summed E-state index contributed by atoms with van der Waals surface area (Å²) in [6.07, 6.45) is 4.26. The van der Waals surface area contributed by atoms with Gasteiger partial charge < -0.3 is 15.4 Å². The Morgan fingerprint density at radius 3 is 2.66 bits per heavy atom. The van der Waals surface area contributed by atoms with Crippen molar-refractivity contribution in [3.8, 4) is 0 Å². The molecule has 0 bridgehead atoms. The summed E-state index contributed by atoms with van der Waals surface area (Å²) in [6.45, 7) is 1.60. The number of carbonyl (C=O) groups excluding carboxylic acids is 1. The van der Waals surface area contributed by atoms with Crippen molar-refractivity contribution in [1.82, 2.24) is 9.55 Å². The van der Waals surface area contributed by atoms with E-state index in [0.29, 0.717) is 22.3 Å². The number of hydrogen-bond acceptors (Lipinski definition) is 3. The fourth-order valence-electron chi connectivity index (χ4n) is 4.03. The Bertz CT molecular complexity index is 1140. The molecule has 1 fully saturated rings. The van der Waals surface area contributed by atoms with Gasteiger partial charge in [-0.25, -0.2) is 4.79 Å². The van der Waals surface area contributed by atoms with E-state index in [1.54, 1.807) is 47.9 Å². The molecule has 1 heterocycles. The average Bonchev–Trinajstić information content (AvgIpc) is 3.33. The van der Waals surface area contributed by atoms with Crippen molar-refractivity contribution in [3.05, 3.63) is 64.1 Å². The van der Waals surface area contributed by atoms with E-state index >= 15 is 0 Å². The Balaban J connectivity index is 1.59. The van der Waals surface area contributed by atoms with E-state index in [-0.39, 0.29) is 17.6 Å². The zero-order valence-electron chi connectivity index (χ0n) is 16.1. The zero-order chi connectivity index (χ0) is 20.5. The van der Waals surface area contributed by atoms with Gasteiger partial charge in [0.2, 0.25) is 0 Å². The molecule has 29 heavy (non-hydrogen) atoms. The van der Waals surface area contributed by atoms with Gasteiger partial charge in [0.1, 0.15) is 0 Å². The van der Waals surface area contributed by atoms with Crippen molar-refractivity contribution in [2.24, 2.45) is 0 Å². The lowest BCUT2D eigenvalue weighted by molar-refractivity contribution is -0.138. The molecule has 1 aromatic heterocycles. The van der Waals surface area contributed by atoms with Crippen LogP contribution in [-0.4, -0.2) is 26.5 Å². The van der Waals surface area contributed by atoms with Crippen LogP contribution in [0.4, 0.5) is 5.69 Å². The van der Waals surface area contributed by atoms with E-state index in [9.17, 15) is 19.5 Å². The number of H-pyrrole nitrogens is 1. The molecule has 1 unspecified atom stereocenters. The first kappa shape index (κ1) is 19.0. The van der Waals surface area contributed by atoms with E-state index in [0.717, 1.165) is 31.2 Å². The van der Waals surface area contributed by atoms with Crippen molar-refractivity contribution in [3.63, 3.8) is 0 Å². The van der Waals surface area contributed by atoms with Crippen LogP contribution in [-0.2, 0) is 4.79 Å². The number of hydrogen-bond donors (Lipinski definition) is 3. The third-order valence-corrected chi connectivity index (χ3v) is 5.68. The molecular weight excluding hydrogens is 370 g/mol. The Kier molecular flexibility index (Phi) is 4.96. The predicted octanol–water partition coefficient (Wildman–Crippen LogP) is 3.89. The van der Waals surface area contributed by atoms with Crippen LogP contribution in [0.1, 0.15) is 60.5 Å². The summed E-state index contributed by atoms with van der Waals surface area (Å²) in [4.78, 5) is 39.2. The Morgan fingerprint density at radius 2 is 1.93 bits per heavy atom. The monoisotopic (exact) mass is 393 g/mol. The van der Waals surface area contributed by atoms with Gasteiger partial charge in [0.25, 0.3) is 5.91 Å². The number of fused-ring (bicyclic) bond motifs is 1. The molecule has 1 aliphatic rings. The fourth-order valence-corrected chi connectivity index (χ4v) is 4.03. The second-order valence-electron chi connectivity index (χ2n) is 7.61. The second-order valence-corrected chi connectivity index (χ2v) is 7.61. The lowest BCUT2D eigenvalue weighted by atomic mass is 10.0. The molecule has 1 aliphatic carbocycles. The Labute approximate surface area is 167 Å². The standard InChI is InChI=1S/C22H23N3O4/c1-13(21(27)28)14-5-4-6-16(11-14)23-20(26)15-9-10-19-18(12-15)24-22(29)25(19)17-7-2-3-8-17/h4-6,9-13,17H,2-3,7-8H2,1H3,(H,23,26)(H,24,29)(H,27,28). The van der Waals surface area contributed by atoms with Gasteiger partial charge in [-0.2, -0.15) is 0 Å². The number of imidazole rings is 1. The van der Waals surface area contributed by atoms with Crippen LogP contribution in [0, 0.1) is 0 Å². The first-order valence-corrected chi connectivity index (χ1v) is 9.82. The van der Waals surface area contributed by atoms with Crippen LogP contribution in [0.2, 0.25) is 0 Å². The molecule has 0 radical (unpaired) electrons. The summed E-state index contributed by atoms with van der Waals surface area (Å²) in [7, 11) is 0. The lowest BCUT2D eigenvalue weighted by Gasteiger charge is -2.12. The minimum absolute atomic E-state index is 0.139. The number of amides is 1. The molecule has 0 spiro atoms. The molecule has 150 valence electrons. The number of carboxylic acids is 1. The molecule has 0 saturated heterocycles. The average molecular weight is 393 g/mol. The number of carboxylic acid groups (broad SMARTS) is 1. The number of nitrogens with zero attached hydrogens (tertiary/aromatic N) is 1. The van der Waals surface area contributed by atoms with Crippen molar-refractivity contribution in [2.45, 2.75) is 44.6 Å². The summed E-state index contributed by atoms with van der Waals surface area (Å²) >= 11 is 0. The van der Waals surface area contributed by atoms with E-state index in [1.807, 2.05) is 6.07 Å². The smallest absolute Gasteiger partial charge is 0.326 e.